The van der Waals surface area contributed by atoms with Crippen molar-refractivity contribution in [3.63, 3.8) is 0 Å². The summed E-state index contributed by atoms with van der Waals surface area (Å²) in [5, 5.41) is 0. The Hall–Kier alpha value is 6.53. The third-order valence-corrected chi connectivity index (χ3v) is 0. The van der Waals surface area contributed by atoms with Gasteiger partial charge in [-0.2, -0.15) is 62.6 Å². The van der Waals surface area contributed by atoms with Crippen LogP contribution in [0.2, 0.25) is 0 Å². The molecule has 0 rings (SSSR count). The van der Waals surface area contributed by atoms with Crippen LogP contribution in [0.3, 0.4) is 0 Å². The first-order chi connectivity index (χ1) is 16.0. The number of rotatable bonds is 0. The SMILES string of the molecule is O=P([O-])([O-])[O-].O=P([O-])([O-])[O-].O=P([O-])([O-])[O-].O=P([O-])([O-])[O-].O=P([O-])([O-])[O-].O=P([O-])([O-])[O-].O=P([O-])([O-])[O-].O=P([O-])([O-])[O-].[Co+2].[Co+2].[Co+2].[Ni+2].[Ni+2].[Ni+2].[Zr+4].[Zr+4].[Zr+4]. The van der Waals surface area contributed by atoms with E-state index in [0.29, 0.717) is 0 Å². The normalized spacial score (nSPS) is 9.63. The smallest absolute Gasteiger partial charge is 0.822 e. The molecule has 3 radical (unpaired) electrons. The molecule has 0 unspecified atom stereocenters. The van der Waals surface area contributed by atoms with Crippen LogP contribution >= 0.6 is 62.6 Å². The number of hydrogen-bond donors (Lipinski definition) is 0. The molecule has 0 aromatic heterocycles. The first-order valence-electron chi connectivity index (χ1n) is 5.84. The molecule has 0 bridgehead atoms. The van der Waals surface area contributed by atoms with Crippen molar-refractivity contribution in [2.24, 2.45) is 0 Å². The molecule has 0 aromatic rings. The fourth-order valence-corrected chi connectivity index (χ4v) is 0. The molecule has 0 aliphatic rings. The van der Waals surface area contributed by atoms with Gasteiger partial charge in [-0.3, -0.25) is 0 Å². The van der Waals surface area contributed by atoms with Crippen LogP contribution in [-0.4, -0.2) is 0 Å². The molecular weight excluding hydrogens is 1390 g/mol. The Morgan fingerprint density at radius 3 is 0.184 bits per heavy atom. The minimum atomic E-state index is -5.39. The van der Waals surface area contributed by atoms with Crippen LogP contribution in [0.4, 0.5) is 0 Å². The van der Waals surface area contributed by atoms with Gasteiger partial charge in [-0.25, -0.2) is 0 Å². The molecule has 0 heterocycles. The van der Waals surface area contributed by atoms with E-state index in [0.717, 1.165) is 0 Å². The molecular formula is Co3Ni3O32P8Zr3. The van der Waals surface area contributed by atoms with Gasteiger partial charge in [0.05, 0.1) is 0 Å². The summed E-state index contributed by atoms with van der Waals surface area (Å²) in [6.07, 6.45) is 0. The van der Waals surface area contributed by atoms with Crippen LogP contribution in [0.15, 0.2) is 0 Å². The van der Waals surface area contributed by atoms with Crippen LogP contribution in [-0.2, 0) is 215 Å². The van der Waals surface area contributed by atoms with Crippen molar-refractivity contribution in [3.8, 4) is 0 Å². The minimum Gasteiger partial charge on any atom is -0.822 e. The van der Waals surface area contributed by atoms with Gasteiger partial charge >= 0.3 is 178 Å². The summed E-state index contributed by atoms with van der Waals surface area (Å²) in [6, 6.07) is 0. The maximum absolute atomic E-state index is 8.55. The Kier molecular flexibility index (Phi) is 119. The predicted octanol–water partition coefficient (Wildman–Crippen LogP) is -22.6. The molecule has 32 nitrogen and oxygen atoms in total. The molecule has 301 valence electrons. The third kappa shape index (κ3) is 3530. The summed E-state index contributed by atoms with van der Waals surface area (Å²) < 4.78 is 68.4. The number of phosphoric acid groups is 8. The van der Waals surface area contributed by atoms with E-state index in [-0.39, 0.29) is 178 Å². The van der Waals surface area contributed by atoms with Gasteiger partial charge in [-0.15, -0.1) is 0 Å². The first kappa shape index (κ1) is 111. The fourth-order valence-electron chi connectivity index (χ4n) is 0. The molecule has 0 N–H and O–H groups in total. The van der Waals surface area contributed by atoms with Crippen LogP contribution in [0.1, 0.15) is 0 Å². The maximum atomic E-state index is 8.55. The number of hydrogen-bond acceptors (Lipinski definition) is 32. The average Bonchev–Trinajstić information content (AvgIpc) is 2.16. The first-order valence-corrected chi connectivity index (χ1v) is 17.5. The van der Waals surface area contributed by atoms with Crippen molar-refractivity contribution >= 4 is 62.6 Å². The van der Waals surface area contributed by atoms with E-state index in [1.54, 1.807) is 0 Å². The zero-order valence-corrected chi connectivity index (χ0v) is 40.7. The summed E-state index contributed by atoms with van der Waals surface area (Å²) in [5.74, 6) is 0. The Morgan fingerprint density at radius 2 is 0.184 bits per heavy atom. The van der Waals surface area contributed by atoms with Crippen molar-refractivity contribution in [1.29, 1.82) is 0 Å². The molecule has 49 heteroatoms. The Bertz CT molecular complexity index is 686. The maximum Gasteiger partial charge on any atom is 4.00 e. The topological polar surface area (TPSA) is 690 Å². The van der Waals surface area contributed by atoms with Gasteiger partial charge in [0.1, 0.15) is 0 Å². The molecule has 0 aromatic carbocycles. The van der Waals surface area contributed by atoms with E-state index in [9.17, 15) is 0 Å². The monoisotopic (exact) mass is 1380 g/mol. The van der Waals surface area contributed by atoms with Crippen LogP contribution < -0.4 is 117 Å². The van der Waals surface area contributed by atoms with Gasteiger partial charge < -0.3 is 154 Å². The summed E-state index contributed by atoms with van der Waals surface area (Å²) in [7, 11) is -43.1. The fraction of sp³-hybridized carbons (Fsp3) is 0. The van der Waals surface area contributed by atoms with Crippen LogP contribution in [0.25, 0.3) is 0 Å². The van der Waals surface area contributed by atoms with Gasteiger partial charge in [0.15, 0.2) is 0 Å². The van der Waals surface area contributed by atoms with E-state index in [4.69, 9.17) is 154 Å². The van der Waals surface area contributed by atoms with Gasteiger partial charge in [0.25, 0.3) is 0 Å². The van der Waals surface area contributed by atoms with Gasteiger partial charge in [0, 0.05) is 0 Å². The second-order valence-corrected chi connectivity index (χ2v) is 10.7. The van der Waals surface area contributed by atoms with Crippen molar-refractivity contribution in [1.82, 2.24) is 0 Å². The summed E-state index contributed by atoms with van der Waals surface area (Å²) in [5.41, 5.74) is 0. The second-order valence-electron chi connectivity index (χ2n) is 3.58. The third-order valence-electron chi connectivity index (χ3n) is 0. The summed E-state index contributed by atoms with van der Waals surface area (Å²) in [6.45, 7) is 0. The second kappa shape index (κ2) is 52.5. The molecule has 0 saturated carbocycles. The molecule has 0 amide bonds. The van der Waals surface area contributed by atoms with Gasteiger partial charge in [-0.1, -0.05) is 0 Å². The average molecular weight is 1390 g/mol. The molecule has 0 aliphatic heterocycles. The van der Waals surface area contributed by atoms with Gasteiger partial charge in [-0.05, 0) is 0 Å². The zero-order chi connectivity index (χ0) is 36.0. The van der Waals surface area contributed by atoms with E-state index >= 15 is 0 Å². The molecule has 0 spiro atoms. The Balaban J connectivity index is -0.0000000155. The van der Waals surface area contributed by atoms with Crippen molar-refractivity contribution in [2.75, 3.05) is 0 Å². The van der Waals surface area contributed by atoms with E-state index < -0.39 is 62.6 Å². The Labute approximate surface area is 390 Å². The van der Waals surface area contributed by atoms with Crippen molar-refractivity contribution < 1.29 is 332 Å². The predicted molar refractivity (Wildman–Crippen MR) is 60.9 cm³/mol. The van der Waals surface area contributed by atoms with Crippen molar-refractivity contribution in [2.45, 2.75) is 0 Å². The summed E-state index contributed by atoms with van der Waals surface area (Å²) in [4.78, 5) is 205. The Morgan fingerprint density at radius 1 is 0.184 bits per heavy atom. The van der Waals surface area contributed by atoms with Crippen LogP contribution in [0.5, 0.6) is 0 Å². The standard InChI is InChI=1S/3Co.3Ni.8H3O4P.3Zr/c;;;;;;8*1-5(2,3)4;;;/h;;;;;;8*(H3,1,2,3,4);;;/q6*+2;;;;;;;;;3*+4/p-24. The molecule has 0 aliphatic carbocycles. The van der Waals surface area contributed by atoms with Crippen LogP contribution in [0, 0.1) is 0 Å². The summed E-state index contributed by atoms with van der Waals surface area (Å²) >= 11 is 0. The molecule has 0 atom stereocenters. The molecule has 0 fully saturated rings. The van der Waals surface area contributed by atoms with E-state index in [1.165, 1.54) is 0 Å². The molecule has 49 heavy (non-hydrogen) atoms. The zero-order valence-electron chi connectivity index (χ0n) is 20.1. The molecule has 0 saturated heterocycles. The quantitative estimate of drug-likeness (QED) is 0.160. The van der Waals surface area contributed by atoms with E-state index in [1.807, 2.05) is 0 Å². The van der Waals surface area contributed by atoms with Crippen molar-refractivity contribution in [3.05, 3.63) is 0 Å². The minimum absolute atomic E-state index is 0. The van der Waals surface area contributed by atoms with E-state index in [2.05, 4.69) is 0 Å². The largest absolute Gasteiger partial charge is 4.00 e. The van der Waals surface area contributed by atoms with Gasteiger partial charge in [0.2, 0.25) is 0 Å².